The van der Waals surface area contributed by atoms with Crippen LogP contribution in [-0.2, 0) is 0 Å². The summed E-state index contributed by atoms with van der Waals surface area (Å²) in [5.74, 6) is 0. The van der Waals surface area contributed by atoms with Gasteiger partial charge in [-0.2, -0.15) is 0 Å². The normalized spacial score (nSPS) is 11.9. The van der Waals surface area contributed by atoms with Crippen molar-refractivity contribution in [1.82, 2.24) is 19.8 Å². The molecular weight excluding hydrogens is 436 g/mol. The molecule has 0 atom stereocenters. The van der Waals surface area contributed by atoms with E-state index in [1.807, 2.05) is 6.07 Å². The van der Waals surface area contributed by atoms with Crippen molar-refractivity contribution in [2.45, 2.75) is 26.7 Å². The number of pyridine rings is 2. The summed E-state index contributed by atoms with van der Waals surface area (Å²) in [6.45, 7) is 7.58. The van der Waals surface area contributed by atoms with Crippen LogP contribution in [-0.4, -0.2) is 74.1 Å². The van der Waals surface area contributed by atoms with Gasteiger partial charge in [0.2, 0.25) is 5.43 Å². The average Bonchev–Trinajstić information content (AvgIpc) is 2.80. The van der Waals surface area contributed by atoms with Crippen molar-refractivity contribution >= 4 is 44.0 Å². The van der Waals surface area contributed by atoms with Crippen molar-refractivity contribution in [2.75, 3.05) is 65.0 Å². The van der Waals surface area contributed by atoms with E-state index in [1.165, 1.54) is 0 Å². The lowest BCUT2D eigenvalue weighted by Crippen LogP contribution is -2.20. The number of H-pyrrole nitrogens is 1. The van der Waals surface area contributed by atoms with E-state index in [0.29, 0.717) is 11.4 Å². The van der Waals surface area contributed by atoms with Gasteiger partial charge in [0.15, 0.2) is 0 Å². The first-order chi connectivity index (χ1) is 16.8. The molecule has 2 aromatic carbocycles. The monoisotopic (exact) mass is 474 g/mol. The molecule has 0 aliphatic rings. The molecule has 0 amide bonds. The first-order valence-corrected chi connectivity index (χ1v) is 12.4. The topological polar surface area (TPSA) is 76.3 Å². The van der Waals surface area contributed by atoms with Crippen molar-refractivity contribution in [2.24, 2.45) is 0 Å². The quantitative estimate of drug-likeness (QED) is 0.231. The molecule has 35 heavy (non-hydrogen) atoms. The van der Waals surface area contributed by atoms with Crippen LogP contribution in [0.2, 0.25) is 0 Å². The summed E-state index contributed by atoms with van der Waals surface area (Å²) in [4.78, 5) is 25.7. The SMILES string of the molecule is Cc1cc(NCCCN(C)C)c2ccc3c(ccc4c(NCCCN(C)C)c(=O)c(C)nc43)c2[nH]1. The Labute approximate surface area is 207 Å². The maximum atomic E-state index is 13.0. The number of fused-ring (bicyclic) bond motifs is 5. The molecule has 186 valence electrons. The van der Waals surface area contributed by atoms with E-state index < -0.39 is 0 Å². The number of aromatic nitrogens is 2. The van der Waals surface area contributed by atoms with Gasteiger partial charge >= 0.3 is 0 Å². The van der Waals surface area contributed by atoms with Gasteiger partial charge in [-0.3, -0.25) is 4.79 Å². The molecule has 0 saturated carbocycles. The molecule has 2 aromatic heterocycles. The van der Waals surface area contributed by atoms with Gasteiger partial charge in [-0.15, -0.1) is 0 Å². The second kappa shape index (κ2) is 10.6. The first kappa shape index (κ1) is 24.9. The van der Waals surface area contributed by atoms with E-state index in [9.17, 15) is 4.79 Å². The third kappa shape index (κ3) is 5.41. The molecule has 7 heteroatoms. The molecule has 7 nitrogen and oxygen atoms in total. The van der Waals surface area contributed by atoms with Gasteiger partial charge in [0.25, 0.3) is 0 Å². The van der Waals surface area contributed by atoms with Gasteiger partial charge in [-0.05, 0) is 80.1 Å². The third-order valence-electron chi connectivity index (χ3n) is 6.43. The Kier molecular flexibility index (Phi) is 7.57. The minimum atomic E-state index is -0.0193. The lowest BCUT2D eigenvalue weighted by Gasteiger charge is -2.16. The zero-order chi connectivity index (χ0) is 25.1. The Morgan fingerprint density at radius 3 is 2.11 bits per heavy atom. The summed E-state index contributed by atoms with van der Waals surface area (Å²) >= 11 is 0. The molecule has 0 fully saturated rings. The summed E-state index contributed by atoms with van der Waals surface area (Å²) in [6, 6.07) is 10.6. The summed E-state index contributed by atoms with van der Waals surface area (Å²) in [7, 11) is 8.32. The average molecular weight is 475 g/mol. The van der Waals surface area contributed by atoms with E-state index in [0.717, 1.165) is 83.0 Å². The molecule has 0 spiro atoms. The van der Waals surface area contributed by atoms with Gasteiger partial charge in [-0.25, -0.2) is 4.98 Å². The zero-order valence-electron chi connectivity index (χ0n) is 21.9. The summed E-state index contributed by atoms with van der Waals surface area (Å²) in [5, 5.41) is 11.2. The van der Waals surface area contributed by atoms with Gasteiger partial charge in [0, 0.05) is 46.0 Å². The Morgan fingerprint density at radius 1 is 0.829 bits per heavy atom. The smallest absolute Gasteiger partial charge is 0.223 e. The Bertz CT molecular complexity index is 1410. The summed E-state index contributed by atoms with van der Waals surface area (Å²) in [6.07, 6.45) is 2.04. The van der Waals surface area contributed by atoms with Crippen LogP contribution in [0.4, 0.5) is 11.4 Å². The predicted octanol–water partition coefficient (Wildman–Crippen LogP) is 4.57. The zero-order valence-corrected chi connectivity index (χ0v) is 21.9. The van der Waals surface area contributed by atoms with Crippen molar-refractivity contribution in [3.8, 4) is 0 Å². The molecule has 0 aliphatic carbocycles. The van der Waals surface area contributed by atoms with Crippen molar-refractivity contribution in [3.63, 3.8) is 0 Å². The van der Waals surface area contributed by atoms with Crippen molar-refractivity contribution < 1.29 is 0 Å². The number of anilines is 2. The van der Waals surface area contributed by atoms with Gasteiger partial charge < -0.3 is 25.4 Å². The van der Waals surface area contributed by atoms with Crippen LogP contribution in [0.25, 0.3) is 32.6 Å². The van der Waals surface area contributed by atoms with Crippen LogP contribution in [0, 0.1) is 13.8 Å². The third-order valence-corrected chi connectivity index (χ3v) is 6.43. The lowest BCUT2D eigenvalue weighted by atomic mass is 10.00. The molecule has 4 rings (SSSR count). The highest BCUT2D eigenvalue weighted by Gasteiger charge is 2.15. The lowest BCUT2D eigenvalue weighted by molar-refractivity contribution is 0.405. The van der Waals surface area contributed by atoms with E-state index in [1.54, 1.807) is 6.92 Å². The van der Waals surface area contributed by atoms with Crippen LogP contribution >= 0.6 is 0 Å². The molecule has 2 heterocycles. The highest BCUT2D eigenvalue weighted by molar-refractivity contribution is 6.18. The standard InChI is InChI=1S/C28H38N6O/c1-18-17-24(29-13-7-15-33(3)4)22-11-9-21-20(25(22)31-18)10-12-23-26(21)32-19(2)28(35)27(23)30-14-8-16-34(5)6/h9-12,17,29-31H,7-8,13-16H2,1-6H3. The Hall–Kier alpha value is -3.16. The maximum absolute atomic E-state index is 13.0. The number of hydrogen-bond donors (Lipinski definition) is 3. The van der Waals surface area contributed by atoms with E-state index >= 15 is 0 Å². The van der Waals surface area contributed by atoms with Gasteiger partial charge in [0.05, 0.1) is 22.4 Å². The number of nitrogens with zero attached hydrogens (tertiary/aromatic N) is 3. The second-order valence-corrected chi connectivity index (χ2v) is 9.98. The number of benzene rings is 2. The summed E-state index contributed by atoms with van der Waals surface area (Å²) in [5.41, 5.74) is 5.36. The molecule has 0 bridgehead atoms. The summed E-state index contributed by atoms with van der Waals surface area (Å²) < 4.78 is 0. The predicted molar refractivity (Wildman–Crippen MR) is 150 cm³/mol. The number of aromatic amines is 1. The van der Waals surface area contributed by atoms with Crippen LogP contribution in [0.1, 0.15) is 24.2 Å². The molecule has 0 unspecified atom stereocenters. The van der Waals surface area contributed by atoms with Gasteiger partial charge in [-0.1, -0.05) is 18.2 Å². The molecule has 0 saturated heterocycles. The van der Waals surface area contributed by atoms with Crippen LogP contribution in [0.15, 0.2) is 35.1 Å². The van der Waals surface area contributed by atoms with Crippen LogP contribution < -0.4 is 16.1 Å². The van der Waals surface area contributed by atoms with E-state index in [4.69, 9.17) is 4.98 Å². The molecular formula is C28H38N6O. The van der Waals surface area contributed by atoms with Crippen molar-refractivity contribution in [1.29, 1.82) is 0 Å². The second-order valence-electron chi connectivity index (χ2n) is 9.98. The highest BCUT2D eigenvalue weighted by atomic mass is 16.1. The Morgan fingerprint density at radius 2 is 1.43 bits per heavy atom. The van der Waals surface area contributed by atoms with Crippen LogP contribution in [0.3, 0.4) is 0 Å². The van der Waals surface area contributed by atoms with E-state index in [-0.39, 0.29) is 5.43 Å². The number of hydrogen-bond acceptors (Lipinski definition) is 6. The van der Waals surface area contributed by atoms with Gasteiger partial charge in [0.1, 0.15) is 0 Å². The molecule has 0 aliphatic heterocycles. The number of rotatable bonds is 10. The maximum Gasteiger partial charge on any atom is 0.223 e. The fraction of sp³-hybridized carbons (Fsp3) is 0.429. The molecule has 4 aromatic rings. The van der Waals surface area contributed by atoms with Crippen LogP contribution in [0.5, 0.6) is 0 Å². The van der Waals surface area contributed by atoms with E-state index in [2.05, 4.69) is 84.8 Å². The fourth-order valence-corrected chi connectivity index (χ4v) is 4.67. The largest absolute Gasteiger partial charge is 0.384 e. The minimum absolute atomic E-state index is 0.0193. The fourth-order valence-electron chi connectivity index (χ4n) is 4.67. The number of aryl methyl sites for hydroxylation is 2. The first-order valence-electron chi connectivity index (χ1n) is 12.4. The number of nitrogens with one attached hydrogen (secondary N) is 3. The molecule has 3 N–H and O–H groups in total. The molecule has 0 radical (unpaired) electrons. The minimum Gasteiger partial charge on any atom is -0.384 e. The highest BCUT2D eigenvalue weighted by Crippen LogP contribution is 2.34. The Balaban J connectivity index is 1.78. The van der Waals surface area contributed by atoms with Crippen molar-refractivity contribution in [3.05, 3.63) is 51.9 Å².